The first-order valence-electron chi connectivity index (χ1n) is 8.89. The van der Waals surface area contributed by atoms with E-state index in [1.54, 1.807) is 31.2 Å². The molecule has 0 unspecified atom stereocenters. The molecule has 0 atom stereocenters. The van der Waals surface area contributed by atoms with Crippen molar-refractivity contribution in [1.29, 1.82) is 0 Å². The second-order valence-electron chi connectivity index (χ2n) is 7.19. The number of carbonyl (C=O) groups excluding carboxylic acids is 2. The molecule has 1 aliphatic heterocycles. The quantitative estimate of drug-likeness (QED) is 0.740. The van der Waals surface area contributed by atoms with Crippen LogP contribution in [0.2, 0.25) is 5.02 Å². The Morgan fingerprint density at radius 1 is 1.18 bits per heavy atom. The SMILES string of the molecule is Cc1c(Cl)cccc1NC(=O)COC(=O)COc1cccc2c1OC(C)(C)C2. The van der Waals surface area contributed by atoms with E-state index in [9.17, 15) is 9.59 Å². The van der Waals surface area contributed by atoms with E-state index < -0.39 is 18.5 Å². The highest BCUT2D eigenvalue weighted by atomic mass is 35.5. The monoisotopic (exact) mass is 403 g/mol. The number of rotatable bonds is 6. The Bertz CT molecular complexity index is 910. The number of halogens is 1. The Hall–Kier alpha value is -2.73. The lowest BCUT2D eigenvalue weighted by Crippen LogP contribution is -2.25. The molecule has 6 nitrogen and oxygen atoms in total. The zero-order valence-corrected chi connectivity index (χ0v) is 16.8. The van der Waals surface area contributed by atoms with Crippen LogP contribution in [-0.4, -0.2) is 30.7 Å². The van der Waals surface area contributed by atoms with Crippen molar-refractivity contribution in [2.75, 3.05) is 18.5 Å². The standard InChI is InChI=1S/C21H22ClNO5/c1-13-15(22)7-5-8-16(13)23-18(24)11-27-19(25)12-26-17-9-4-6-14-10-21(2,3)28-20(14)17/h4-9H,10-12H2,1-3H3,(H,23,24). The Morgan fingerprint density at radius 2 is 1.93 bits per heavy atom. The first-order chi connectivity index (χ1) is 13.2. The van der Waals surface area contributed by atoms with Gasteiger partial charge in [0.05, 0.1) is 0 Å². The third-order valence-electron chi connectivity index (χ3n) is 4.31. The number of hydrogen-bond donors (Lipinski definition) is 1. The van der Waals surface area contributed by atoms with Crippen LogP contribution in [0.1, 0.15) is 25.0 Å². The molecule has 2 aromatic carbocycles. The van der Waals surface area contributed by atoms with Crippen molar-refractivity contribution >= 4 is 29.2 Å². The first kappa shape index (κ1) is 20.0. The van der Waals surface area contributed by atoms with E-state index in [1.165, 1.54) is 0 Å². The summed E-state index contributed by atoms with van der Waals surface area (Å²) in [6.45, 7) is 5.05. The van der Waals surface area contributed by atoms with Crippen LogP contribution in [0.5, 0.6) is 11.5 Å². The van der Waals surface area contributed by atoms with E-state index >= 15 is 0 Å². The smallest absolute Gasteiger partial charge is 0.344 e. The number of para-hydroxylation sites is 1. The molecule has 1 heterocycles. The minimum atomic E-state index is -0.646. The molecule has 0 saturated carbocycles. The zero-order valence-electron chi connectivity index (χ0n) is 16.0. The fourth-order valence-electron chi connectivity index (χ4n) is 2.95. The lowest BCUT2D eigenvalue weighted by Gasteiger charge is -2.18. The highest BCUT2D eigenvalue weighted by Gasteiger charge is 2.32. The van der Waals surface area contributed by atoms with Crippen LogP contribution in [0.4, 0.5) is 5.69 Å². The minimum absolute atomic E-state index is 0.307. The van der Waals surface area contributed by atoms with Crippen LogP contribution >= 0.6 is 11.6 Å². The normalized spacial score (nSPS) is 14.0. The van der Waals surface area contributed by atoms with E-state index in [4.69, 9.17) is 25.8 Å². The molecule has 0 bridgehead atoms. The van der Waals surface area contributed by atoms with Crippen molar-refractivity contribution in [2.24, 2.45) is 0 Å². The van der Waals surface area contributed by atoms with Gasteiger partial charge in [0.15, 0.2) is 24.7 Å². The highest BCUT2D eigenvalue weighted by molar-refractivity contribution is 6.31. The van der Waals surface area contributed by atoms with Crippen molar-refractivity contribution in [3.05, 3.63) is 52.5 Å². The second-order valence-corrected chi connectivity index (χ2v) is 7.60. The largest absolute Gasteiger partial charge is 0.483 e. The minimum Gasteiger partial charge on any atom is -0.483 e. The average Bonchev–Trinajstić information content (AvgIpc) is 2.96. The molecule has 2 aromatic rings. The molecule has 28 heavy (non-hydrogen) atoms. The molecular formula is C21H22ClNO5. The third kappa shape index (κ3) is 4.75. The summed E-state index contributed by atoms with van der Waals surface area (Å²) in [6.07, 6.45) is 0.771. The second kappa shape index (κ2) is 8.10. The van der Waals surface area contributed by atoms with Gasteiger partial charge in [0.1, 0.15) is 5.60 Å². The summed E-state index contributed by atoms with van der Waals surface area (Å²) < 4.78 is 16.4. The highest BCUT2D eigenvalue weighted by Crippen LogP contribution is 2.41. The summed E-state index contributed by atoms with van der Waals surface area (Å²) in [5.74, 6) is 0.0331. The van der Waals surface area contributed by atoms with Gasteiger partial charge in [-0.25, -0.2) is 4.79 Å². The van der Waals surface area contributed by atoms with Gasteiger partial charge in [-0.15, -0.1) is 0 Å². The predicted octanol–water partition coefficient (Wildman–Crippen LogP) is 3.92. The van der Waals surface area contributed by atoms with Crippen molar-refractivity contribution in [3.8, 4) is 11.5 Å². The molecule has 1 N–H and O–H groups in total. The molecular weight excluding hydrogens is 382 g/mol. The molecule has 148 valence electrons. The van der Waals surface area contributed by atoms with E-state index in [0.29, 0.717) is 22.2 Å². The molecule has 0 saturated heterocycles. The van der Waals surface area contributed by atoms with Crippen LogP contribution in [0, 0.1) is 6.92 Å². The summed E-state index contributed by atoms with van der Waals surface area (Å²) in [5.41, 5.74) is 2.04. The molecule has 0 aliphatic carbocycles. The number of esters is 1. The number of ether oxygens (including phenoxy) is 3. The Morgan fingerprint density at radius 3 is 2.71 bits per heavy atom. The van der Waals surface area contributed by atoms with E-state index in [-0.39, 0.29) is 12.2 Å². The van der Waals surface area contributed by atoms with Crippen molar-refractivity contribution < 1.29 is 23.8 Å². The average molecular weight is 404 g/mol. The lowest BCUT2D eigenvalue weighted by atomic mass is 10.0. The fourth-order valence-corrected chi connectivity index (χ4v) is 3.13. The summed E-state index contributed by atoms with van der Waals surface area (Å²) in [6, 6.07) is 10.7. The van der Waals surface area contributed by atoms with Gasteiger partial charge < -0.3 is 19.5 Å². The van der Waals surface area contributed by atoms with Crippen LogP contribution in [0.15, 0.2) is 36.4 Å². The summed E-state index contributed by atoms with van der Waals surface area (Å²) in [7, 11) is 0. The molecule has 0 aromatic heterocycles. The van der Waals surface area contributed by atoms with Crippen LogP contribution in [0.25, 0.3) is 0 Å². The maximum atomic E-state index is 12.0. The van der Waals surface area contributed by atoms with Crippen LogP contribution in [-0.2, 0) is 20.7 Å². The summed E-state index contributed by atoms with van der Waals surface area (Å²) in [4.78, 5) is 23.9. The molecule has 1 aliphatic rings. The van der Waals surface area contributed by atoms with Gasteiger partial charge in [-0.3, -0.25) is 4.79 Å². The molecule has 0 fully saturated rings. The molecule has 3 rings (SSSR count). The van der Waals surface area contributed by atoms with E-state index in [2.05, 4.69) is 5.32 Å². The Labute approximate surface area is 168 Å². The topological polar surface area (TPSA) is 73.9 Å². The maximum absolute atomic E-state index is 12.0. The lowest BCUT2D eigenvalue weighted by molar-refractivity contribution is -0.149. The van der Waals surface area contributed by atoms with Crippen LogP contribution < -0.4 is 14.8 Å². The third-order valence-corrected chi connectivity index (χ3v) is 4.72. The predicted molar refractivity (Wildman–Crippen MR) is 106 cm³/mol. The van der Waals surface area contributed by atoms with E-state index in [1.807, 2.05) is 26.0 Å². The Kier molecular flexibility index (Phi) is 5.79. The number of anilines is 1. The number of hydrogen-bond acceptors (Lipinski definition) is 5. The number of fused-ring (bicyclic) bond motifs is 1. The van der Waals surface area contributed by atoms with Gasteiger partial charge >= 0.3 is 5.97 Å². The number of amides is 1. The summed E-state index contributed by atoms with van der Waals surface area (Å²) >= 11 is 6.02. The molecule has 0 radical (unpaired) electrons. The van der Waals surface area contributed by atoms with Gasteiger partial charge in [-0.05, 0) is 44.5 Å². The Balaban J connectivity index is 1.49. The van der Waals surface area contributed by atoms with Crippen LogP contribution in [0.3, 0.4) is 0 Å². The van der Waals surface area contributed by atoms with Gasteiger partial charge in [-0.1, -0.05) is 29.8 Å². The van der Waals surface area contributed by atoms with E-state index in [0.717, 1.165) is 17.5 Å². The number of nitrogens with one attached hydrogen (secondary N) is 1. The fraction of sp³-hybridized carbons (Fsp3) is 0.333. The van der Waals surface area contributed by atoms with Gasteiger partial charge in [0.25, 0.3) is 5.91 Å². The number of carbonyl (C=O) groups is 2. The maximum Gasteiger partial charge on any atom is 0.344 e. The number of benzene rings is 2. The van der Waals surface area contributed by atoms with Gasteiger partial charge in [0.2, 0.25) is 0 Å². The summed E-state index contributed by atoms with van der Waals surface area (Å²) in [5, 5.41) is 3.21. The first-order valence-corrected chi connectivity index (χ1v) is 9.27. The van der Waals surface area contributed by atoms with Crippen molar-refractivity contribution in [3.63, 3.8) is 0 Å². The van der Waals surface area contributed by atoms with Crippen molar-refractivity contribution in [2.45, 2.75) is 32.8 Å². The molecule has 0 spiro atoms. The van der Waals surface area contributed by atoms with Crippen molar-refractivity contribution in [1.82, 2.24) is 0 Å². The van der Waals surface area contributed by atoms with Gasteiger partial charge in [-0.2, -0.15) is 0 Å². The molecule has 1 amide bonds. The zero-order chi connectivity index (χ0) is 20.3. The molecule has 7 heteroatoms. The van der Waals surface area contributed by atoms with Gasteiger partial charge in [0, 0.05) is 22.7 Å².